The molecule has 0 N–H and O–H groups in total. The van der Waals surface area contributed by atoms with Crippen LogP contribution in [0.2, 0.25) is 5.02 Å². The maximum absolute atomic E-state index is 6.25. The van der Waals surface area contributed by atoms with Crippen molar-refractivity contribution in [2.24, 2.45) is 0 Å². The molecule has 4 aromatic rings. The summed E-state index contributed by atoms with van der Waals surface area (Å²) in [5.41, 5.74) is 10.4. The summed E-state index contributed by atoms with van der Waals surface area (Å²) < 4.78 is 0. The lowest BCUT2D eigenvalue weighted by Gasteiger charge is -2.14. The zero-order valence-electron chi connectivity index (χ0n) is 14.2. The Hall–Kier alpha value is -2.83. The van der Waals surface area contributed by atoms with E-state index in [1.54, 1.807) is 0 Å². The van der Waals surface area contributed by atoms with Crippen LogP contribution in [0, 0.1) is 0 Å². The second-order valence-electron chi connectivity index (χ2n) is 6.77. The van der Waals surface area contributed by atoms with Crippen LogP contribution in [-0.4, -0.2) is 0 Å². The van der Waals surface area contributed by atoms with Crippen molar-refractivity contribution < 1.29 is 0 Å². The van der Waals surface area contributed by atoms with Crippen LogP contribution in [-0.2, 0) is 6.42 Å². The van der Waals surface area contributed by atoms with Crippen molar-refractivity contribution in [3.8, 4) is 33.4 Å². The van der Waals surface area contributed by atoms with Crippen LogP contribution in [0.3, 0.4) is 0 Å². The molecule has 0 bridgehead atoms. The highest BCUT2D eigenvalue weighted by Gasteiger charge is 2.23. The number of benzene rings is 4. The summed E-state index contributed by atoms with van der Waals surface area (Å²) in [6.07, 6.45) is 0.936. The van der Waals surface area contributed by atoms with Crippen LogP contribution in [0.15, 0.2) is 91.0 Å². The van der Waals surface area contributed by atoms with Gasteiger partial charge < -0.3 is 0 Å². The first kappa shape index (κ1) is 15.4. The van der Waals surface area contributed by atoms with E-state index in [-0.39, 0.29) is 0 Å². The standard InChI is InChI=1S/C25H17Cl/c26-22-11-12-23-20(15-22)14-21-13-19(17-7-3-1-4-8-17)16-24(25(21)23)18-9-5-2-6-10-18/h1-13,15-16H,14H2. The Morgan fingerprint density at radius 2 is 1.23 bits per heavy atom. The van der Waals surface area contributed by atoms with Crippen LogP contribution >= 0.6 is 11.6 Å². The highest BCUT2D eigenvalue weighted by molar-refractivity contribution is 6.30. The molecule has 0 aromatic heterocycles. The minimum absolute atomic E-state index is 0.807. The molecule has 0 fully saturated rings. The Kier molecular flexibility index (Phi) is 3.65. The Morgan fingerprint density at radius 1 is 0.538 bits per heavy atom. The van der Waals surface area contributed by atoms with Crippen LogP contribution in [0.5, 0.6) is 0 Å². The molecule has 26 heavy (non-hydrogen) atoms. The van der Waals surface area contributed by atoms with Crippen molar-refractivity contribution in [2.75, 3.05) is 0 Å². The van der Waals surface area contributed by atoms with E-state index in [1.165, 1.54) is 44.5 Å². The average Bonchev–Trinajstić information content (AvgIpc) is 3.06. The van der Waals surface area contributed by atoms with Crippen LogP contribution in [0.4, 0.5) is 0 Å². The van der Waals surface area contributed by atoms with Gasteiger partial charge in [0.25, 0.3) is 0 Å². The third-order valence-electron chi connectivity index (χ3n) is 5.13. The first-order chi connectivity index (χ1) is 12.8. The molecule has 0 spiro atoms. The van der Waals surface area contributed by atoms with E-state index in [0.717, 1.165) is 11.4 Å². The van der Waals surface area contributed by atoms with Crippen molar-refractivity contribution in [1.29, 1.82) is 0 Å². The van der Waals surface area contributed by atoms with E-state index in [1.807, 2.05) is 6.07 Å². The third-order valence-corrected chi connectivity index (χ3v) is 5.36. The van der Waals surface area contributed by atoms with Crippen molar-refractivity contribution in [1.82, 2.24) is 0 Å². The van der Waals surface area contributed by atoms with Gasteiger partial charge in [-0.25, -0.2) is 0 Å². The van der Waals surface area contributed by atoms with Gasteiger partial charge in [-0.2, -0.15) is 0 Å². The monoisotopic (exact) mass is 352 g/mol. The smallest absolute Gasteiger partial charge is 0.0409 e. The number of halogens is 1. The minimum Gasteiger partial charge on any atom is -0.0843 e. The number of rotatable bonds is 2. The summed E-state index contributed by atoms with van der Waals surface area (Å²) in [4.78, 5) is 0. The van der Waals surface area contributed by atoms with E-state index in [0.29, 0.717) is 0 Å². The molecule has 0 unspecified atom stereocenters. The first-order valence-electron chi connectivity index (χ1n) is 8.86. The fourth-order valence-corrected chi connectivity index (χ4v) is 4.15. The maximum atomic E-state index is 6.25. The number of fused-ring (bicyclic) bond motifs is 3. The molecule has 0 atom stereocenters. The van der Waals surface area contributed by atoms with E-state index < -0.39 is 0 Å². The largest absolute Gasteiger partial charge is 0.0843 e. The lowest BCUT2D eigenvalue weighted by atomic mass is 9.90. The molecule has 1 heteroatoms. The van der Waals surface area contributed by atoms with Crippen LogP contribution in [0.1, 0.15) is 11.1 Å². The molecule has 0 amide bonds. The van der Waals surface area contributed by atoms with Crippen LogP contribution in [0.25, 0.3) is 33.4 Å². The van der Waals surface area contributed by atoms with Gasteiger partial charge in [0.2, 0.25) is 0 Å². The zero-order valence-corrected chi connectivity index (χ0v) is 15.0. The van der Waals surface area contributed by atoms with Gasteiger partial charge in [-0.15, -0.1) is 0 Å². The van der Waals surface area contributed by atoms with Gasteiger partial charge in [-0.05, 0) is 69.1 Å². The normalized spacial score (nSPS) is 11.9. The molecular formula is C25H17Cl. The highest BCUT2D eigenvalue weighted by atomic mass is 35.5. The summed E-state index contributed by atoms with van der Waals surface area (Å²) in [7, 11) is 0. The summed E-state index contributed by atoms with van der Waals surface area (Å²) in [6, 6.07) is 32.2. The van der Waals surface area contributed by atoms with Crippen molar-refractivity contribution in [3.63, 3.8) is 0 Å². The van der Waals surface area contributed by atoms with E-state index in [9.17, 15) is 0 Å². The highest BCUT2D eigenvalue weighted by Crippen LogP contribution is 2.45. The molecule has 0 heterocycles. The molecule has 5 rings (SSSR count). The fraction of sp³-hybridized carbons (Fsp3) is 0.0400. The number of hydrogen-bond acceptors (Lipinski definition) is 0. The third kappa shape index (κ3) is 2.55. The second-order valence-corrected chi connectivity index (χ2v) is 7.20. The van der Waals surface area contributed by atoms with Crippen molar-refractivity contribution in [2.45, 2.75) is 6.42 Å². The summed E-state index contributed by atoms with van der Waals surface area (Å²) in [6.45, 7) is 0. The molecule has 4 aromatic carbocycles. The zero-order chi connectivity index (χ0) is 17.5. The van der Waals surface area contributed by atoms with Gasteiger partial charge >= 0.3 is 0 Å². The molecular weight excluding hydrogens is 336 g/mol. The lowest BCUT2D eigenvalue weighted by molar-refractivity contribution is 1.26. The first-order valence-corrected chi connectivity index (χ1v) is 9.24. The van der Waals surface area contributed by atoms with E-state index in [2.05, 4.69) is 84.9 Å². The predicted octanol–water partition coefficient (Wildman–Crippen LogP) is 7.25. The molecule has 124 valence electrons. The lowest BCUT2D eigenvalue weighted by Crippen LogP contribution is -1.89. The Morgan fingerprint density at radius 3 is 1.96 bits per heavy atom. The van der Waals surface area contributed by atoms with E-state index in [4.69, 9.17) is 11.6 Å². The topological polar surface area (TPSA) is 0 Å². The maximum Gasteiger partial charge on any atom is 0.0409 e. The fourth-order valence-electron chi connectivity index (χ4n) is 3.96. The SMILES string of the molecule is Clc1ccc2c(c1)Cc1cc(-c3ccccc3)cc(-c3ccccc3)c1-2. The van der Waals surface area contributed by atoms with Gasteiger partial charge in [0, 0.05) is 5.02 Å². The second kappa shape index (κ2) is 6.16. The quantitative estimate of drug-likeness (QED) is 0.314. The Labute approximate surface area is 158 Å². The summed E-state index contributed by atoms with van der Waals surface area (Å²) in [5, 5.41) is 0.807. The van der Waals surface area contributed by atoms with Crippen molar-refractivity contribution >= 4 is 11.6 Å². The van der Waals surface area contributed by atoms with Gasteiger partial charge in [-0.1, -0.05) is 84.4 Å². The van der Waals surface area contributed by atoms with Gasteiger partial charge in [0.15, 0.2) is 0 Å². The van der Waals surface area contributed by atoms with Crippen molar-refractivity contribution in [3.05, 3.63) is 107 Å². The molecule has 0 aliphatic heterocycles. The summed E-state index contributed by atoms with van der Waals surface area (Å²) >= 11 is 6.25. The van der Waals surface area contributed by atoms with Gasteiger partial charge in [-0.3, -0.25) is 0 Å². The predicted molar refractivity (Wildman–Crippen MR) is 111 cm³/mol. The molecule has 1 aliphatic rings. The van der Waals surface area contributed by atoms with Gasteiger partial charge in [0.1, 0.15) is 0 Å². The Balaban J connectivity index is 1.79. The average molecular weight is 353 g/mol. The molecule has 0 saturated heterocycles. The van der Waals surface area contributed by atoms with E-state index >= 15 is 0 Å². The Bertz CT molecular complexity index is 1100. The molecule has 0 saturated carbocycles. The molecule has 0 nitrogen and oxygen atoms in total. The van der Waals surface area contributed by atoms with Gasteiger partial charge in [0.05, 0.1) is 0 Å². The minimum atomic E-state index is 0.807. The molecule has 0 radical (unpaired) electrons. The van der Waals surface area contributed by atoms with Crippen LogP contribution < -0.4 is 0 Å². The summed E-state index contributed by atoms with van der Waals surface area (Å²) in [5.74, 6) is 0. The number of hydrogen-bond donors (Lipinski definition) is 0. The molecule has 1 aliphatic carbocycles.